The van der Waals surface area contributed by atoms with Gasteiger partial charge in [0.15, 0.2) is 0 Å². The Morgan fingerprint density at radius 1 is 0.966 bits per heavy atom. The van der Waals surface area contributed by atoms with Crippen molar-refractivity contribution >= 4 is 22.8 Å². The van der Waals surface area contributed by atoms with Crippen LogP contribution >= 0.6 is 0 Å². The van der Waals surface area contributed by atoms with Gasteiger partial charge in [-0.3, -0.25) is 9.59 Å². The van der Waals surface area contributed by atoms with E-state index in [0.717, 1.165) is 35.0 Å². The summed E-state index contributed by atoms with van der Waals surface area (Å²) in [6.45, 7) is 0.882. The fourth-order valence-electron chi connectivity index (χ4n) is 4.30. The van der Waals surface area contributed by atoms with Gasteiger partial charge in [-0.1, -0.05) is 48.5 Å². The van der Waals surface area contributed by atoms with Crippen molar-refractivity contribution < 1.29 is 14.7 Å². The van der Waals surface area contributed by atoms with E-state index in [1.54, 1.807) is 0 Å². The zero-order valence-electron chi connectivity index (χ0n) is 16.4. The molecule has 1 aliphatic rings. The number of rotatable bonds is 6. The smallest absolute Gasteiger partial charge is 0.306 e. The second-order valence-electron chi connectivity index (χ2n) is 7.90. The summed E-state index contributed by atoms with van der Waals surface area (Å²) < 4.78 is 2.07. The number of hydrogen-bond donors (Lipinski definition) is 2. The summed E-state index contributed by atoms with van der Waals surface area (Å²) in [4.78, 5) is 23.8. The Morgan fingerprint density at radius 2 is 1.66 bits per heavy atom. The van der Waals surface area contributed by atoms with Crippen molar-refractivity contribution in [1.29, 1.82) is 0 Å². The average molecular weight is 390 g/mol. The number of carbonyl (C=O) groups is 2. The van der Waals surface area contributed by atoms with E-state index in [0.29, 0.717) is 25.3 Å². The van der Waals surface area contributed by atoms with Gasteiger partial charge in [0.1, 0.15) is 6.54 Å². The molecule has 3 aromatic rings. The SMILES string of the molecule is O=C(Cn1c(-c2ccccc2)cc2ccccc21)NCC1CCC(C(=O)O)CC1. The molecular weight excluding hydrogens is 364 g/mol. The first-order chi connectivity index (χ1) is 14.1. The normalized spacial score (nSPS) is 19.2. The van der Waals surface area contributed by atoms with Gasteiger partial charge >= 0.3 is 5.97 Å². The minimum atomic E-state index is -0.694. The summed E-state index contributed by atoms with van der Waals surface area (Å²) in [6, 6.07) is 20.4. The molecule has 29 heavy (non-hydrogen) atoms. The highest BCUT2D eigenvalue weighted by Crippen LogP contribution is 2.29. The van der Waals surface area contributed by atoms with Crippen LogP contribution < -0.4 is 5.32 Å². The van der Waals surface area contributed by atoms with E-state index >= 15 is 0 Å². The van der Waals surface area contributed by atoms with Crippen molar-refractivity contribution in [3.8, 4) is 11.3 Å². The standard InChI is InChI=1S/C24H26N2O3/c27-23(25-15-17-10-12-19(13-11-17)24(28)29)16-26-21-9-5-4-8-20(21)14-22(26)18-6-2-1-3-7-18/h1-9,14,17,19H,10-13,15-16H2,(H,25,27)(H,28,29). The Balaban J connectivity index is 1.45. The van der Waals surface area contributed by atoms with Crippen LogP contribution in [0.25, 0.3) is 22.2 Å². The van der Waals surface area contributed by atoms with Crippen LogP contribution in [0.1, 0.15) is 25.7 Å². The van der Waals surface area contributed by atoms with E-state index in [1.807, 2.05) is 36.4 Å². The van der Waals surface area contributed by atoms with Crippen LogP contribution in [0.4, 0.5) is 0 Å². The molecule has 0 saturated heterocycles. The predicted octanol–water partition coefficient (Wildman–Crippen LogP) is 4.32. The van der Waals surface area contributed by atoms with E-state index in [-0.39, 0.29) is 18.4 Å². The van der Waals surface area contributed by atoms with Gasteiger partial charge in [-0.15, -0.1) is 0 Å². The van der Waals surface area contributed by atoms with Crippen molar-refractivity contribution in [3.63, 3.8) is 0 Å². The van der Waals surface area contributed by atoms with Crippen LogP contribution in [0.2, 0.25) is 0 Å². The molecule has 5 nitrogen and oxygen atoms in total. The summed E-state index contributed by atoms with van der Waals surface area (Å²) in [6.07, 6.45) is 3.13. The first-order valence-electron chi connectivity index (χ1n) is 10.2. The molecule has 1 aromatic heterocycles. The maximum absolute atomic E-state index is 12.7. The van der Waals surface area contributed by atoms with Gasteiger partial charge < -0.3 is 15.0 Å². The number of aliphatic carboxylic acids is 1. The van der Waals surface area contributed by atoms with Gasteiger partial charge in [0.25, 0.3) is 0 Å². The third kappa shape index (κ3) is 4.34. The molecule has 2 aromatic carbocycles. The second-order valence-corrected chi connectivity index (χ2v) is 7.90. The minimum absolute atomic E-state index is 0.0103. The Kier molecular flexibility index (Phi) is 5.65. The van der Waals surface area contributed by atoms with E-state index < -0.39 is 5.97 Å². The van der Waals surface area contributed by atoms with Gasteiger partial charge in [0.05, 0.1) is 5.92 Å². The molecule has 0 aliphatic heterocycles. The maximum atomic E-state index is 12.7. The molecule has 1 saturated carbocycles. The van der Waals surface area contributed by atoms with Crippen LogP contribution in [-0.2, 0) is 16.1 Å². The number of nitrogens with zero attached hydrogens (tertiary/aromatic N) is 1. The number of hydrogen-bond acceptors (Lipinski definition) is 2. The molecule has 0 radical (unpaired) electrons. The molecule has 0 unspecified atom stereocenters. The maximum Gasteiger partial charge on any atom is 0.306 e. The van der Waals surface area contributed by atoms with Gasteiger partial charge in [-0.05, 0) is 49.3 Å². The number of para-hydroxylation sites is 1. The number of nitrogens with one attached hydrogen (secondary N) is 1. The van der Waals surface area contributed by atoms with Gasteiger partial charge in [-0.2, -0.15) is 0 Å². The lowest BCUT2D eigenvalue weighted by Gasteiger charge is -2.26. The Morgan fingerprint density at radius 3 is 2.38 bits per heavy atom. The van der Waals surface area contributed by atoms with Crippen molar-refractivity contribution in [3.05, 3.63) is 60.7 Å². The lowest BCUT2D eigenvalue weighted by atomic mass is 9.82. The third-order valence-corrected chi connectivity index (χ3v) is 5.97. The molecule has 1 aliphatic carbocycles. The van der Waals surface area contributed by atoms with Gasteiger partial charge in [0.2, 0.25) is 5.91 Å². The highest BCUT2D eigenvalue weighted by Gasteiger charge is 2.26. The number of amides is 1. The molecular formula is C24H26N2O3. The molecule has 0 bridgehead atoms. The third-order valence-electron chi connectivity index (χ3n) is 5.97. The molecule has 1 amide bonds. The van der Waals surface area contributed by atoms with Crippen LogP contribution in [0, 0.1) is 11.8 Å². The highest BCUT2D eigenvalue weighted by atomic mass is 16.4. The number of benzene rings is 2. The second kappa shape index (κ2) is 8.52. The molecule has 5 heteroatoms. The number of carboxylic acids is 1. The van der Waals surface area contributed by atoms with Gasteiger partial charge in [0, 0.05) is 23.1 Å². The Hall–Kier alpha value is -3.08. The lowest BCUT2D eigenvalue weighted by molar-refractivity contribution is -0.143. The molecule has 150 valence electrons. The zero-order valence-corrected chi connectivity index (χ0v) is 16.4. The monoisotopic (exact) mass is 390 g/mol. The predicted molar refractivity (Wildman–Crippen MR) is 113 cm³/mol. The lowest BCUT2D eigenvalue weighted by Crippen LogP contribution is -2.34. The fourth-order valence-corrected chi connectivity index (χ4v) is 4.30. The van der Waals surface area contributed by atoms with Gasteiger partial charge in [-0.25, -0.2) is 0 Å². The zero-order chi connectivity index (χ0) is 20.2. The van der Waals surface area contributed by atoms with E-state index in [1.165, 1.54) is 0 Å². The number of fused-ring (bicyclic) bond motifs is 1. The summed E-state index contributed by atoms with van der Waals surface area (Å²) in [5.74, 6) is -0.560. The molecule has 1 fully saturated rings. The van der Waals surface area contributed by atoms with E-state index in [9.17, 15) is 9.59 Å². The molecule has 0 spiro atoms. The molecule has 0 atom stereocenters. The summed E-state index contributed by atoms with van der Waals surface area (Å²) >= 11 is 0. The Bertz CT molecular complexity index is 1000. The minimum Gasteiger partial charge on any atom is -0.481 e. The van der Waals surface area contributed by atoms with Crippen molar-refractivity contribution in [2.75, 3.05) is 6.54 Å². The summed E-state index contributed by atoms with van der Waals surface area (Å²) in [5, 5.41) is 13.3. The first kappa shape index (κ1) is 19.2. The number of aromatic nitrogens is 1. The van der Waals surface area contributed by atoms with Crippen LogP contribution in [0.5, 0.6) is 0 Å². The fraction of sp³-hybridized carbons (Fsp3) is 0.333. The first-order valence-corrected chi connectivity index (χ1v) is 10.2. The van der Waals surface area contributed by atoms with Crippen LogP contribution in [-0.4, -0.2) is 28.1 Å². The topological polar surface area (TPSA) is 71.3 Å². The number of carbonyl (C=O) groups excluding carboxylic acids is 1. The van der Waals surface area contributed by atoms with Crippen molar-refractivity contribution in [2.45, 2.75) is 32.2 Å². The summed E-state index contributed by atoms with van der Waals surface area (Å²) in [7, 11) is 0. The van der Waals surface area contributed by atoms with E-state index in [4.69, 9.17) is 5.11 Å². The molecule has 1 heterocycles. The average Bonchev–Trinajstić information content (AvgIpc) is 3.11. The quantitative estimate of drug-likeness (QED) is 0.659. The largest absolute Gasteiger partial charge is 0.481 e. The molecule has 2 N–H and O–H groups in total. The van der Waals surface area contributed by atoms with E-state index in [2.05, 4.69) is 34.1 Å². The van der Waals surface area contributed by atoms with Crippen LogP contribution in [0.15, 0.2) is 60.7 Å². The van der Waals surface area contributed by atoms with Crippen molar-refractivity contribution in [1.82, 2.24) is 9.88 Å². The molecule has 4 rings (SSSR count). The van der Waals surface area contributed by atoms with Crippen LogP contribution in [0.3, 0.4) is 0 Å². The Labute approximate surface area is 170 Å². The van der Waals surface area contributed by atoms with Crippen molar-refractivity contribution in [2.24, 2.45) is 11.8 Å². The highest BCUT2D eigenvalue weighted by molar-refractivity contribution is 5.89. The number of carboxylic acid groups (broad SMARTS) is 1. The summed E-state index contributed by atoms with van der Waals surface area (Å²) in [5.41, 5.74) is 3.16.